The molecule has 1 heterocycles. The highest BCUT2D eigenvalue weighted by atomic mass is 16.5. The fourth-order valence-corrected chi connectivity index (χ4v) is 2.22. The van der Waals surface area contributed by atoms with Crippen molar-refractivity contribution in [2.75, 3.05) is 19.0 Å². The van der Waals surface area contributed by atoms with Crippen LogP contribution in [0.15, 0.2) is 6.20 Å². The molecule has 0 saturated heterocycles. The van der Waals surface area contributed by atoms with Crippen molar-refractivity contribution in [3.63, 3.8) is 0 Å². The normalized spacial score (nSPS) is 24.7. The summed E-state index contributed by atoms with van der Waals surface area (Å²) in [5, 5.41) is 3.41. The molecule has 1 aromatic heterocycles. The topological polar surface area (TPSA) is 39.1 Å². The maximum Gasteiger partial charge on any atom is 0.203 e. The first kappa shape index (κ1) is 12.4. The van der Waals surface area contributed by atoms with E-state index >= 15 is 0 Å². The zero-order valence-electron chi connectivity index (χ0n) is 11.2. The third-order valence-corrected chi connectivity index (χ3v) is 3.40. The van der Waals surface area contributed by atoms with Crippen LogP contribution in [0, 0.1) is 18.8 Å². The summed E-state index contributed by atoms with van der Waals surface area (Å²) in [5.74, 6) is 2.69. The van der Waals surface area contributed by atoms with Gasteiger partial charge in [-0.05, 0) is 32.1 Å². The highest BCUT2D eigenvalue weighted by Crippen LogP contribution is 2.39. The summed E-state index contributed by atoms with van der Waals surface area (Å²) in [6.07, 6.45) is 3.48. The van der Waals surface area contributed by atoms with E-state index in [1.165, 1.54) is 6.42 Å². The Morgan fingerprint density at radius 1 is 1.65 bits per heavy atom. The van der Waals surface area contributed by atoms with E-state index in [4.69, 9.17) is 4.74 Å². The van der Waals surface area contributed by atoms with Crippen LogP contribution in [0.5, 0.6) is 0 Å². The van der Waals surface area contributed by atoms with Crippen molar-refractivity contribution in [2.24, 2.45) is 11.8 Å². The lowest BCUT2D eigenvalue weighted by molar-refractivity contribution is 0.190. The van der Waals surface area contributed by atoms with Crippen LogP contribution in [-0.2, 0) is 11.3 Å². The van der Waals surface area contributed by atoms with Crippen LogP contribution in [0.3, 0.4) is 0 Å². The number of imidazole rings is 1. The monoisotopic (exact) mass is 237 g/mol. The molecule has 0 amide bonds. The molecule has 17 heavy (non-hydrogen) atoms. The molecule has 0 aliphatic heterocycles. The smallest absolute Gasteiger partial charge is 0.203 e. The summed E-state index contributed by atoms with van der Waals surface area (Å²) in [4.78, 5) is 4.54. The summed E-state index contributed by atoms with van der Waals surface area (Å²) in [6.45, 7) is 8.25. The Morgan fingerprint density at radius 3 is 2.94 bits per heavy atom. The second-order valence-corrected chi connectivity index (χ2v) is 5.33. The summed E-state index contributed by atoms with van der Waals surface area (Å²) in [6, 6.07) is 0.289. The Labute approximate surface area is 103 Å². The number of methoxy groups -OCH3 is 1. The lowest BCUT2D eigenvalue weighted by Crippen LogP contribution is -2.23. The average Bonchev–Trinajstić information content (AvgIpc) is 2.81. The Kier molecular flexibility index (Phi) is 3.72. The van der Waals surface area contributed by atoms with Crippen LogP contribution in [0.1, 0.15) is 26.0 Å². The first-order valence-corrected chi connectivity index (χ1v) is 6.39. The molecule has 4 heteroatoms. The van der Waals surface area contributed by atoms with E-state index in [0.29, 0.717) is 6.61 Å². The van der Waals surface area contributed by atoms with Crippen molar-refractivity contribution < 1.29 is 4.74 Å². The first-order chi connectivity index (χ1) is 8.10. The molecule has 1 saturated carbocycles. The molecule has 4 nitrogen and oxygen atoms in total. The van der Waals surface area contributed by atoms with Gasteiger partial charge in [-0.25, -0.2) is 4.98 Å². The molecule has 0 spiro atoms. The van der Waals surface area contributed by atoms with Gasteiger partial charge >= 0.3 is 0 Å². The number of hydrogen-bond donors (Lipinski definition) is 1. The SMILES string of the molecule is COCC(C)Nc1nc(C)cn1CC1CC1C. The standard InChI is InChI=1S/C13H23N3O/c1-9-5-12(9)7-16-6-10(2)14-13(16)15-11(3)8-17-4/h6,9,11-12H,5,7-8H2,1-4H3,(H,14,15). The molecule has 3 unspecified atom stereocenters. The quantitative estimate of drug-likeness (QED) is 0.825. The maximum absolute atomic E-state index is 5.13. The van der Waals surface area contributed by atoms with Crippen LogP contribution in [0.2, 0.25) is 0 Å². The van der Waals surface area contributed by atoms with Crippen molar-refractivity contribution in [2.45, 2.75) is 39.8 Å². The molecule has 1 N–H and O–H groups in total. The van der Waals surface area contributed by atoms with Crippen LogP contribution in [0.25, 0.3) is 0 Å². The van der Waals surface area contributed by atoms with Crippen LogP contribution < -0.4 is 5.32 Å². The number of aromatic nitrogens is 2. The molecule has 3 atom stereocenters. The number of nitrogens with one attached hydrogen (secondary N) is 1. The number of aryl methyl sites for hydroxylation is 1. The van der Waals surface area contributed by atoms with Crippen LogP contribution in [-0.4, -0.2) is 29.3 Å². The largest absolute Gasteiger partial charge is 0.383 e. The second kappa shape index (κ2) is 5.08. The Hall–Kier alpha value is -1.03. The van der Waals surface area contributed by atoms with Crippen molar-refractivity contribution in [3.05, 3.63) is 11.9 Å². The fraction of sp³-hybridized carbons (Fsp3) is 0.769. The summed E-state index contributed by atoms with van der Waals surface area (Å²) in [7, 11) is 1.72. The number of ether oxygens (including phenoxy) is 1. The van der Waals surface area contributed by atoms with Gasteiger partial charge in [-0.2, -0.15) is 0 Å². The van der Waals surface area contributed by atoms with Crippen molar-refractivity contribution in [1.29, 1.82) is 0 Å². The van der Waals surface area contributed by atoms with E-state index in [0.717, 1.165) is 30.0 Å². The van der Waals surface area contributed by atoms with Crippen molar-refractivity contribution in [1.82, 2.24) is 9.55 Å². The first-order valence-electron chi connectivity index (χ1n) is 6.39. The molecule has 1 aliphatic rings. The lowest BCUT2D eigenvalue weighted by Gasteiger charge is -2.15. The minimum absolute atomic E-state index is 0.289. The predicted molar refractivity (Wildman–Crippen MR) is 69.2 cm³/mol. The maximum atomic E-state index is 5.13. The summed E-state index contributed by atoms with van der Waals surface area (Å²) in [5.41, 5.74) is 1.07. The highest BCUT2D eigenvalue weighted by molar-refractivity contribution is 5.30. The van der Waals surface area contributed by atoms with Gasteiger partial charge in [0.2, 0.25) is 5.95 Å². The fourth-order valence-electron chi connectivity index (χ4n) is 2.22. The molecule has 0 radical (unpaired) electrons. The van der Waals surface area contributed by atoms with Gasteiger partial charge < -0.3 is 14.6 Å². The van der Waals surface area contributed by atoms with E-state index in [-0.39, 0.29) is 6.04 Å². The molecular weight excluding hydrogens is 214 g/mol. The summed E-state index contributed by atoms with van der Waals surface area (Å²) >= 11 is 0. The number of anilines is 1. The third kappa shape index (κ3) is 3.22. The minimum Gasteiger partial charge on any atom is -0.383 e. The Morgan fingerprint density at radius 2 is 2.35 bits per heavy atom. The molecule has 0 aromatic carbocycles. The van der Waals surface area contributed by atoms with E-state index in [1.807, 2.05) is 6.92 Å². The van der Waals surface area contributed by atoms with Gasteiger partial charge in [0.1, 0.15) is 0 Å². The molecule has 96 valence electrons. The summed E-state index contributed by atoms with van der Waals surface area (Å²) < 4.78 is 7.38. The van der Waals surface area contributed by atoms with Gasteiger partial charge in [-0.3, -0.25) is 0 Å². The molecule has 1 fully saturated rings. The molecular formula is C13H23N3O. The van der Waals surface area contributed by atoms with E-state index < -0.39 is 0 Å². The zero-order valence-corrected chi connectivity index (χ0v) is 11.2. The van der Waals surface area contributed by atoms with Gasteiger partial charge in [0.05, 0.1) is 12.3 Å². The Balaban J connectivity index is 1.99. The second-order valence-electron chi connectivity index (χ2n) is 5.33. The van der Waals surface area contributed by atoms with E-state index in [2.05, 4.69) is 34.9 Å². The lowest BCUT2D eigenvalue weighted by atomic mass is 10.3. The van der Waals surface area contributed by atoms with Crippen LogP contribution in [0.4, 0.5) is 5.95 Å². The number of nitrogens with zero attached hydrogens (tertiary/aromatic N) is 2. The molecule has 2 rings (SSSR count). The average molecular weight is 237 g/mol. The van der Waals surface area contributed by atoms with Gasteiger partial charge in [0.15, 0.2) is 0 Å². The Bertz CT molecular complexity index is 375. The van der Waals surface area contributed by atoms with Crippen molar-refractivity contribution >= 4 is 5.95 Å². The van der Waals surface area contributed by atoms with Gasteiger partial charge in [0, 0.05) is 25.9 Å². The minimum atomic E-state index is 0.289. The van der Waals surface area contributed by atoms with Crippen LogP contribution >= 0.6 is 0 Å². The number of hydrogen-bond acceptors (Lipinski definition) is 3. The number of rotatable bonds is 6. The van der Waals surface area contributed by atoms with E-state index in [9.17, 15) is 0 Å². The predicted octanol–water partition coefficient (Wildman–Crippen LogP) is 2.29. The third-order valence-electron chi connectivity index (χ3n) is 3.40. The molecule has 1 aliphatic carbocycles. The van der Waals surface area contributed by atoms with E-state index in [1.54, 1.807) is 7.11 Å². The molecule has 1 aromatic rings. The highest BCUT2D eigenvalue weighted by Gasteiger charge is 2.33. The molecule has 0 bridgehead atoms. The zero-order chi connectivity index (χ0) is 12.4. The van der Waals surface area contributed by atoms with Gasteiger partial charge in [-0.15, -0.1) is 0 Å². The van der Waals surface area contributed by atoms with Crippen molar-refractivity contribution in [3.8, 4) is 0 Å². The van der Waals surface area contributed by atoms with Gasteiger partial charge in [0.25, 0.3) is 0 Å². The van der Waals surface area contributed by atoms with Gasteiger partial charge in [-0.1, -0.05) is 6.92 Å².